The second kappa shape index (κ2) is 4.05. The molecule has 1 N–H and O–H groups in total. The van der Waals surface area contributed by atoms with Crippen LogP contribution in [0.25, 0.3) is 11.5 Å². The fourth-order valence-corrected chi connectivity index (χ4v) is 1.14. The molecular formula is C9H9N3O3. The van der Waals surface area contributed by atoms with Crippen molar-refractivity contribution in [3.05, 3.63) is 24.2 Å². The maximum atomic E-state index is 8.79. The highest BCUT2D eigenvalue weighted by Gasteiger charge is 2.13. The second-order valence-electron chi connectivity index (χ2n) is 2.73. The Hall–Kier alpha value is -1.95. The van der Waals surface area contributed by atoms with Crippen molar-refractivity contribution in [3.63, 3.8) is 0 Å². The van der Waals surface area contributed by atoms with Crippen LogP contribution >= 0.6 is 0 Å². The molecule has 2 heterocycles. The summed E-state index contributed by atoms with van der Waals surface area (Å²) in [6, 6.07) is 3.49. The Kier molecular flexibility index (Phi) is 2.59. The van der Waals surface area contributed by atoms with Crippen LogP contribution in [0.3, 0.4) is 0 Å². The van der Waals surface area contributed by atoms with E-state index in [-0.39, 0.29) is 18.3 Å². The van der Waals surface area contributed by atoms with Crippen molar-refractivity contribution in [1.29, 1.82) is 0 Å². The van der Waals surface area contributed by atoms with Gasteiger partial charge < -0.3 is 14.4 Å². The van der Waals surface area contributed by atoms with Crippen molar-refractivity contribution in [3.8, 4) is 17.3 Å². The molecule has 2 rings (SSSR count). The Balaban J connectivity index is 2.44. The SMILES string of the molecule is COc1ncccc1-c1nc(CO)no1. The zero-order chi connectivity index (χ0) is 10.7. The summed E-state index contributed by atoms with van der Waals surface area (Å²) >= 11 is 0. The van der Waals surface area contributed by atoms with Gasteiger partial charge in [-0.2, -0.15) is 4.98 Å². The van der Waals surface area contributed by atoms with Gasteiger partial charge in [0.25, 0.3) is 5.89 Å². The average Bonchev–Trinajstić information content (AvgIpc) is 2.77. The predicted octanol–water partition coefficient (Wildman–Crippen LogP) is 0.632. The van der Waals surface area contributed by atoms with E-state index in [1.165, 1.54) is 7.11 Å². The van der Waals surface area contributed by atoms with Crippen LogP contribution < -0.4 is 4.74 Å². The Labute approximate surface area is 85.5 Å². The van der Waals surface area contributed by atoms with Gasteiger partial charge in [0.2, 0.25) is 5.88 Å². The number of pyridine rings is 1. The van der Waals surface area contributed by atoms with Gasteiger partial charge >= 0.3 is 0 Å². The molecule has 0 aliphatic rings. The highest BCUT2D eigenvalue weighted by molar-refractivity contribution is 5.59. The van der Waals surface area contributed by atoms with E-state index in [1.807, 2.05) is 0 Å². The molecule has 0 atom stereocenters. The van der Waals surface area contributed by atoms with Gasteiger partial charge in [-0.05, 0) is 12.1 Å². The predicted molar refractivity (Wildman–Crippen MR) is 50.0 cm³/mol. The van der Waals surface area contributed by atoms with Crippen LogP contribution in [0.5, 0.6) is 5.88 Å². The van der Waals surface area contributed by atoms with Gasteiger partial charge in [-0.3, -0.25) is 0 Å². The van der Waals surface area contributed by atoms with Crippen LogP contribution in [0.1, 0.15) is 5.82 Å². The molecular weight excluding hydrogens is 198 g/mol. The average molecular weight is 207 g/mol. The van der Waals surface area contributed by atoms with Crippen LogP contribution in [0, 0.1) is 0 Å². The minimum absolute atomic E-state index is 0.232. The summed E-state index contributed by atoms with van der Waals surface area (Å²) in [5.41, 5.74) is 0.604. The van der Waals surface area contributed by atoms with Gasteiger partial charge in [-0.25, -0.2) is 4.98 Å². The molecule has 78 valence electrons. The number of hydrogen-bond acceptors (Lipinski definition) is 6. The van der Waals surface area contributed by atoms with E-state index >= 15 is 0 Å². The third-order valence-corrected chi connectivity index (χ3v) is 1.80. The molecule has 0 fully saturated rings. The Morgan fingerprint density at radius 2 is 2.40 bits per heavy atom. The summed E-state index contributed by atoms with van der Waals surface area (Å²) in [7, 11) is 1.51. The first kappa shape index (κ1) is 9.60. The maximum absolute atomic E-state index is 8.79. The third-order valence-electron chi connectivity index (χ3n) is 1.80. The number of aliphatic hydroxyl groups excluding tert-OH is 1. The van der Waals surface area contributed by atoms with Gasteiger partial charge in [0, 0.05) is 6.20 Å². The van der Waals surface area contributed by atoms with E-state index in [0.717, 1.165) is 0 Å². The molecule has 6 nitrogen and oxygen atoms in total. The maximum Gasteiger partial charge on any atom is 0.263 e. The molecule has 0 unspecified atom stereocenters. The molecule has 6 heteroatoms. The van der Waals surface area contributed by atoms with Crippen LogP contribution in [0.2, 0.25) is 0 Å². The Bertz CT molecular complexity index is 455. The van der Waals surface area contributed by atoms with Crippen LogP contribution in [0.4, 0.5) is 0 Å². The number of rotatable bonds is 3. The summed E-state index contributed by atoms with van der Waals surface area (Å²) < 4.78 is 9.98. The van der Waals surface area contributed by atoms with Crippen LogP contribution in [0.15, 0.2) is 22.9 Å². The second-order valence-corrected chi connectivity index (χ2v) is 2.73. The lowest BCUT2D eigenvalue weighted by atomic mass is 10.3. The van der Waals surface area contributed by atoms with Crippen molar-refractivity contribution in [2.75, 3.05) is 7.11 Å². The third kappa shape index (κ3) is 1.79. The molecule has 0 aliphatic heterocycles. The zero-order valence-corrected chi connectivity index (χ0v) is 8.04. The molecule has 0 aliphatic carbocycles. The van der Waals surface area contributed by atoms with Crippen molar-refractivity contribution in [2.45, 2.75) is 6.61 Å². The number of hydrogen-bond donors (Lipinski definition) is 1. The molecule has 0 bridgehead atoms. The lowest BCUT2D eigenvalue weighted by Crippen LogP contribution is -1.91. The quantitative estimate of drug-likeness (QED) is 0.795. The Morgan fingerprint density at radius 1 is 1.53 bits per heavy atom. The molecule has 0 saturated heterocycles. The molecule has 0 amide bonds. The van der Waals surface area contributed by atoms with Crippen molar-refractivity contribution in [2.24, 2.45) is 0 Å². The van der Waals surface area contributed by atoms with Gasteiger partial charge in [-0.1, -0.05) is 5.16 Å². The number of aromatic nitrogens is 3. The molecule has 0 aromatic carbocycles. The van der Waals surface area contributed by atoms with Crippen molar-refractivity contribution < 1.29 is 14.4 Å². The van der Waals surface area contributed by atoms with Crippen molar-refractivity contribution >= 4 is 0 Å². The fourth-order valence-electron chi connectivity index (χ4n) is 1.14. The lowest BCUT2D eigenvalue weighted by molar-refractivity contribution is 0.264. The minimum Gasteiger partial charge on any atom is -0.480 e. The van der Waals surface area contributed by atoms with Crippen LogP contribution in [-0.2, 0) is 6.61 Å². The van der Waals surface area contributed by atoms with E-state index in [1.54, 1.807) is 18.3 Å². The van der Waals surface area contributed by atoms with E-state index < -0.39 is 0 Å². The molecule has 0 spiro atoms. The molecule has 0 saturated carbocycles. The highest BCUT2D eigenvalue weighted by Crippen LogP contribution is 2.25. The molecule has 2 aromatic rings. The van der Waals surface area contributed by atoms with Gasteiger partial charge in [0.05, 0.1) is 7.11 Å². The first-order valence-corrected chi connectivity index (χ1v) is 4.28. The van der Waals surface area contributed by atoms with Crippen molar-refractivity contribution in [1.82, 2.24) is 15.1 Å². The Morgan fingerprint density at radius 3 is 3.07 bits per heavy atom. The van der Waals surface area contributed by atoms with Gasteiger partial charge in [0.15, 0.2) is 5.82 Å². The molecule has 2 aromatic heterocycles. The normalized spacial score (nSPS) is 10.3. The van der Waals surface area contributed by atoms with Gasteiger partial charge in [0.1, 0.15) is 12.2 Å². The smallest absolute Gasteiger partial charge is 0.263 e. The summed E-state index contributed by atoms with van der Waals surface area (Å²) in [5, 5.41) is 12.4. The topological polar surface area (TPSA) is 81.3 Å². The summed E-state index contributed by atoms with van der Waals surface area (Å²) in [6.45, 7) is -0.258. The van der Waals surface area contributed by atoms with Crippen LogP contribution in [-0.4, -0.2) is 27.3 Å². The molecule has 15 heavy (non-hydrogen) atoms. The van der Waals surface area contributed by atoms with Gasteiger partial charge in [-0.15, -0.1) is 0 Å². The summed E-state index contributed by atoms with van der Waals surface area (Å²) in [4.78, 5) is 7.96. The summed E-state index contributed by atoms with van der Waals surface area (Å²) in [5.74, 6) is 0.922. The number of aliphatic hydroxyl groups is 1. The lowest BCUT2D eigenvalue weighted by Gasteiger charge is -2.01. The number of ether oxygens (including phenoxy) is 1. The number of methoxy groups -OCH3 is 1. The number of nitrogens with zero attached hydrogens (tertiary/aromatic N) is 3. The van der Waals surface area contributed by atoms with E-state index in [9.17, 15) is 0 Å². The van der Waals surface area contributed by atoms with E-state index in [4.69, 9.17) is 14.4 Å². The monoisotopic (exact) mass is 207 g/mol. The fraction of sp³-hybridized carbons (Fsp3) is 0.222. The van der Waals surface area contributed by atoms with E-state index in [2.05, 4.69) is 15.1 Å². The summed E-state index contributed by atoms with van der Waals surface area (Å²) in [6.07, 6.45) is 1.60. The van der Waals surface area contributed by atoms with E-state index in [0.29, 0.717) is 11.4 Å². The highest BCUT2D eigenvalue weighted by atomic mass is 16.5. The zero-order valence-electron chi connectivity index (χ0n) is 8.04. The minimum atomic E-state index is -0.258. The first-order valence-electron chi connectivity index (χ1n) is 4.28. The molecule has 0 radical (unpaired) electrons. The largest absolute Gasteiger partial charge is 0.480 e. The standard InChI is InChI=1S/C9H9N3O3/c1-14-8-6(3-2-4-10-8)9-11-7(5-13)12-15-9/h2-4,13H,5H2,1H3. The first-order chi connectivity index (χ1) is 7.35.